The van der Waals surface area contributed by atoms with Crippen LogP contribution in [0.5, 0.6) is 0 Å². The minimum Gasteiger partial charge on any atom is -0.382 e. The number of nitrogens with zero attached hydrogens (tertiary/aromatic N) is 5. The molecule has 0 aliphatic carbocycles. The summed E-state index contributed by atoms with van der Waals surface area (Å²) in [4.78, 5) is 27.1. The summed E-state index contributed by atoms with van der Waals surface area (Å²) in [6.45, 7) is 8.04. The minimum atomic E-state index is -0.740. The lowest BCUT2D eigenvalue weighted by Gasteiger charge is -2.27. The monoisotopic (exact) mass is 510 g/mol. The zero-order valence-electron chi connectivity index (χ0n) is 21.5. The van der Waals surface area contributed by atoms with Gasteiger partial charge < -0.3 is 35.5 Å². The molecule has 198 valence electrons. The molecule has 0 spiro atoms. The number of benzene rings is 1. The van der Waals surface area contributed by atoms with Crippen LogP contribution in [0.4, 0.5) is 10.6 Å². The summed E-state index contributed by atoms with van der Waals surface area (Å²) in [6.07, 6.45) is 1.71. The Morgan fingerprint density at radius 3 is 2.68 bits per heavy atom. The van der Waals surface area contributed by atoms with Gasteiger partial charge in [-0.2, -0.15) is 0 Å². The maximum atomic E-state index is 12.2. The normalized spacial score (nSPS) is 24.5. The summed E-state index contributed by atoms with van der Waals surface area (Å²) in [6, 6.07) is 7.88. The largest absolute Gasteiger partial charge is 0.382 e. The average molecular weight is 511 g/mol. The molecule has 2 aliphatic rings. The van der Waals surface area contributed by atoms with Gasteiger partial charge in [0.1, 0.15) is 30.2 Å². The first-order valence-electron chi connectivity index (χ1n) is 12.4. The van der Waals surface area contributed by atoms with E-state index in [4.69, 9.17) is 19.9 Å². The van der Waals surface area contributed by atoms with Gasteiger partial charge in [0.05, 0.1) is 6.33 Å². The van der Waals surface area contributed by atoms with E-state index in [9.17, 15) is 4.79 Å². The van der Waals surface area contributed by atoms with Gasteiger partial charge >= 0.3 is 6.03 Å². The molecule has 37 heavy (non-hydrogen) atoms. The van der Waals surface area contributed by atoms with E-state index in [1.54, 1.807) is 6.33 Å². The van der Waals surface area contributed by atoms with E-state index >= 15 is 0 Å². The molecule has 2 aliphatic heterocycles. The highest BCUT2D eigenvalue weighted by molar-refractivity contribution is 5.81. The van der Waals surface area contributed by atoms with Gasteiger partial charge in [-0.05, 0) is 33.4 Å². The van der Waals surface area contributed by atoms with Crippen LogP contribution < -0.4 is 16.4 Å². The molecule has 0 saturated carbocycles. The number of ether oxygens (including phenoxy) is 3. The van der Waals surface area contributed by atoms with Crippen LogP contribution >= 0.6 is 0 Å². The third-order valence-corrected chi connectivity index (χ3v) is 6.63. The Labute approximate surface area is 215 Å². The highest BCUT2D eigenvalue weighted by Gasteiger charge is 2.56. The van der Waals surface area contributed by atoms with Crippen molar-refractivity contribution in [1.82, 2.24) is 35.1 Å². The highest BCUT2D eigenvalue weighted by atomic mass is 16.8. The number of nitrogens with one attached hydrogen (secondary N) is 2. The SMILES string of the molecule is Cc1ccc(CNC(=O)NCCN(C)C[C@H]2O[C@@H](n3cnc4c(N)ncnc43)[C@@H]3OC(C)(C)O[C@@H]32)cc1. The number of hydrogen-bond acceptors (Lipinski definition) is 9. The number of anilines is 1. The van der Waals surface area contributed by atoms with Crippen LogP contribution in [-0.2, 0) is 20.8 Å². The van der Waals surface area contributed by atoms with E-state index in [-0.39, 0.29) is 24.3 Å². The number of rotatable bonds is 8. The minimum absolute atomic E-state index is 0.200. The second-order valence-corrected chi connectivity index (χ2v) is 10.1. The van der Waals surface area contributed by atoms with E-state index in [0.29, 0.717) is 43.2 Å². The zero-order valence-corrected chi connectivity index (χ0v) is 21.5. The van der Waals surface area contributed by atoms with Crippen LogP contribution in [0.1, 0.15) is 31.2 Å². The number of hydrogen-bond donors (Lipinski definition) is 3. The summed E-state index contributed by atoms with van der Waals surface area (Å²) in [5.74, 6) is -0.427. The van der Waals surface area contributed by atoms with Crippen LogP contribution in [0.25, 0.3) is 11.2 Å². The maximum absolute atomic E-state index is 12.2. The number of amides is 2. The Morgan fingerprint density at radius 1 is 1.14 bits per heavy atom. The quantitative estimate of drug-likeness (QED) is 0.412. The van der Waals surface area contributed by atoms with Crippen molar-refractivity contribution in [1.29, 1.82) is 0 Å². The second kappa shape index (κ2) is 10.2. The molecule has 3 aromatic rings. The topological polar surface area (TPSA) is 142 Å². The second-order valence-electron chi connectivity index (χ2n) is 10.1. The number of carbonyl (C=O) groups excluding carboxylic acids is 1. The summed E-state index contributed by atoms with van der Waals surface area (Å²) in [7, 11) is 1.99. The van der Waals surface area contributed by atoms with Crippen molar-refractivity contribution in [3.63, 3.8) is 0 Å². The Hall–Kier alpha value is -3.32. The molecule has 1 aromatic carbocycles. The molecular weight excluding hydrogens is 476 g/mol. The lowest BCUT2D eigenvalue weighted by molar-refractivity contribution is -0.197. The number of nitrogens with two attached hydrogens (primary N) is 1. The molecule has 5 rings (SSSR count). The van der Waals surface area contributed by atoms with Gasteiger partial charge in [0.2, 0.25) is 0 Å². The fourth-order valence-electron chi connectivity index (χ4n) is 4.80. The number of urea groups is 1. The van der Waals surface area contributed by atoms with E-state index in [2.05, 4.69) is 30.5 Å². The molecule has 0 bridgehead atoms. The molecule has 4 heterocycles. The van der Waals surface area contributed by atoms with Gasteiger partial charge in [0.15, 0.2) is 23.5 Å². The van der Waals surface area contributed by atoms with E-state index in [1.807, 2.05) is 56.7 Å². The number of imidazole rings is 1. The van der Waals surface area contributed by atoms with Gasteiger partial charge in [0, 0.05) is 26.2 Å². The van der Waals surface area contributed by atoms with Crippen molar-refractivity contribution >= 4 is 23.0 Å². The summed E-state index contributed by atoms with van der Waals surface area (Å²) in [5.41, 5.74) is 9.32. The fraction of sp³-hybridized carbons (Fsp3) is 0.520. The van der Waals surface area contributed by atoms with Crippen LogP contribution in [0.3, 0.4) is 0 Å². The van der Waals surface area contributed by atoms with E-state index in [1.165, 1.54) is 11.9 Å². The predicted octanol–water partition coefficient (Wildman–Crippen LogP) is 1.57. The first-order valence-corrected chi connectivity index (χ1v) is 12.4. The first-order chi connectivity index (χ1) is 17.7. The molecule has 2 saturated heterocycles. The smallest absolute Gasteiger partial charge is 0.315 e. The molecule has 12 heteroatoms. The highest BCUT2D eigenvalue weighted by Crippen LogP contribution is 2.43. The number of aromatic nitrogens is 4. The Bertz CT molecular complexity index is 1250. The molecular formula is C25H34N8O4. The van der Waals surface area contributed by atoms with Crippen molar-refractivity contribution in [2.75, 3.05) is 32.4 Å². The number of carbonyl (C=O) groups is 1. The lowest BCUT2D eigenvalue weighted by atomic mass is 10.1. The molecule has 0 unspecified atom stereocenters. The molecule has 12 nitrogen and oxygen atoms in total. The standard InChI is InChI=1S/C25H34N8O4/c1-15-5-7-16(8-6-15)11-28-24(34)27-9-10-32(4)12-17-19-20(37-25(2,3)36-19)23(35-17)33-14-31-18-21(26)29-13-30-22(18)33/h5-8,13-14,17,19-20,23H,9-12H2,1-4H3,(H2,26,29,30)(H2,27,28,34)/t17-,19-,20-,23-/m1/s1. The average Bonchev–Trinajstić information content (AvgIpc) is 3.51. The summed E-state index contributed by atoms with van der Waals surface area (Å²) >= 11 is 0. The summed E-state index contributed by atoms with van der Waals surface area (Å²) < 4.78 is 20.7. The van der Waals surface area contributed by atoms with Crippen LogP contribution in [-0.4, -0.2) is 81.2 Å². The van der Waals surface area contributed by atoms with Gasteiger partial charge in [-0.3, -0.25) is 4.57 Å². The van der Waals surface area contributed by atoms with Crippen molar-refractivity contribution in [3.05, 3.63) is 48.0 Å². The van der Waals surface area contributed by atoms with Crippen molar-refractivity contribution in [2.45, 2.75) is 57.6 Å². The number of fused-ring (bicyclic) bond motifs is 2. The molecule has 2 amide bonds. The molecule has 4 atom stereocenters. The maximum Gasteiger partial charge on any atom is 0.315 e. The van der Waals surface area contributed by atoms with Gasteiger partial charge in [-0.25, -0.2) is 19.7 Å². The van der Waals surface area contributed by atoms with Crippen molar-refractivity contribution in [2.24, 2.45) is 0 Å². The molecule has 0 radical (unpaired) electrons. The predicted molar refractivity (Wildman–Crippen MR) is 136 cm³/mol. The van der Waals surface area contributed by atoms with Gasteiger partial charge in [-0.15, -0.1) is 0 Å². The van der Waals surface area contributed by atoms with E-state index < -0.39 is 12.0 Å². The number of nitrogen functional groups attached to an aromatic ring is 1. The third-order valence-electron chi connectivity index (χ3n) is 6.63. The number of aryl methyl sites for hydroxylation is 1. The van der Waals surface area contributed by atoms with Crippen LogP contribution in [0.2, 0.25) is 0 Å². The lowest BCUT2D eigenvalue weighted by Crippen LogP contribution is -2.43. The van der Waals surface area contributed by atoms with Crippen molar-refractivity contribution in [3.8, 4) is 0 Å². The third kappa shape index (κ3) is 5.52. The van der Waals surface area contributed by atoms with Crippen LogP contribution in [0, 0.1) is 6.92 Å². The number of likely N-dealkylation sites (N-methyl/N-ethyl adjacent to an activating group) is 1. The van der Waals surface area contributed by atoms with Gasteiger partial charge in [0.25, 0.3) is 0 Å². The van der Waals surface area contributed by atoms with Gasteiger partial charge in [-0.1, -0.05) is 29.8 Å². The molecule has 2 fully saturated rings. The summed E-state index contributed by atoms with van der Waals surface area (Å²) in [5, 5.41) is 5.80. The van der Waals surface area contributed by atoms with Crippen molar-refractivity contribution < 1.29 is 19.0 Å². The Morgan fingerprint density at radius 2 is 1.89 bits per heavy atom. The Balaban J connectivity index is 1.16. The van der Waals surface area contributed by atoms with Crippen LogP contribution in [0.15, 0.2) is 36.9 Å². The first kappa shape index (κ1) is 25.3. The molecule has 2 aromatic heterocycles. The zero-order chi connectivity index (χ0) is 26.2. The Kier molecular flexibility index (Phi) is 6.99. The fourth-order valence-corrected chi connectivity index (χ4v) is 4.80. The molecule has 4 N–H and O–H groups in total. The van der Waals surface area contributed by atoms with E-state index in [0.717, 1.165) is 5.56 Å².